The Morgan fingerprint density at radius 2 is 1.72 bits per heavy atom. The third-order valence-electron chi connectivity index (χ3n) is 6.02. The molecule has 0 saturated heterocycles. The second-order valence-electron chi connectivity index (χ2n) is 8.75. The molecule has 0 unspecified atom stereocenters. The van der Waals surface area contributed by atoms with E-state index in [-0.39, 0.29) is 23.0 Å². The van der Waals surface area contributed by atoms with Gasteiger partial charge in [0.2, 0.25) is 11.8 Å². The van der Waals surface area contributed by atoms with E-state index >= 15 is 0 Å². The first kappa shape index (κ1) is 30.3. The summed E-state index contributed by atoms with van der Waals surface area (Å²) < 4.78 is 33.9. The van der Waals surface area contributed by atoms with E-state index in [2.05, 4.69) is 5.32 Å². The molecular weight excluding hydrogens is 561 g/mol. The number of methoxy groups -OCH3 is 1. The van der Waals surface area contributed by atoms with Gasteiger partial charge < -0.3 is 15.0 Å². The van der Waals surface area contributed by atoms with Crippen molar-refractivity contribution in [3.05, 3.63) is 88.4 Å². The molecule has 3 aromatic rings. The van der Waals surface area contributed by atoms with Crippen LogP contribution >= 0.6 is 23.2 Å². The minimum Gasteiger partial charge on any atom is -0.497 e. The zero-order chi connectivity index (χ0) is 28.6. The molecule has 0 bridgehead atoms. The molecular formula is C28H31Cl2N3O5S. The highest BCUT2D eigenvalue weighted by Gasteiger charge is 2.32. The molecule has 0 heterocycles. The van der Waals surface area contributed by atoms with Gasteiger partial charge >= 0.3 is 0 Å². The summed E-state index contributed by atoms with van der Waals surface area (Å²) in [5, 5.41) is 3.54. The van der Waals surface area contributed by atoms with Crippen molar-refractivity contribution in [2.45, 2.75) is 37.8 Å². The largest absolute Gasteiger partial charge is 0.497 e. The Hall–Kier alpha value is -3.27. The van der Waals surface area contributed by atoms with E-state index in [4.69, 9.17) is 27.9 Å². The number of sulfonamides is 1. The molecule has 3 rings (SSSR count). The number of carbonyl (C=O) groups is 2. The number of hydrogen-bond donors (Lipinski definition) is 1. The van der Waals surface area contributed by atoms with Crippen LogP contribution in [0, 0.1) is 0 Å². The van der Waals surface area contributed by atoms with Gasteiger partial charge in [0, 0.05) is 29.2 Å². The molecule has 39 heavy (non-hydrogen) atoms. The summed E-state index contributed by atoms with van der Waals surface area (Å²) in [5.74, 6) is -0.540. The lowest BCUT2D eigenvalue weighted by Gasteiger charge is -2.32. The van der Waals surface area contributed by atoms with Gasteiger partial charge in [-0.05, 0) is 55.3 Å². The van der Waals surface area contributed by atoms with Crippen molar-refractivity contribution in [3.63, 3.8) is 0 Å². The Morgan fingerprint density at radius 3 is 2.36 bits per heavy atom. The predicted octanol–water partition coefficient (Wildman–Crippen LogP) is 5.14. The lowest BCUT2D eigenvalue weighted by atomic mass is 10.1. The van der Waals surface area contributed by atoms with Gasteiger partial charge in [0.25, 0.3) is 10.0 Å². The second kappa shape index (κ2) is 13.7. The third kappa shape index (κ3) is 7.65. The minimum absolute atomic E-state index is 0.0154. The summed E-state index contributed by atoms with van der Waals surface area (Å²) in [5.41, 5.74) is 0.794. The summed E-state index contributed by atoms with van der Waals surface area (Å²) in [6, 6.07) is 18.2. The zero-order valence-corrected chi connectivity index (χ0v) is 24.3. The number of benzene rings is 3. The van der Waals surface area contributed by atoms with Crippen LogP contribution in [0.15, 0.2) is 77.7 Å². The number of amides is 2. The summed E-state index contributed by atoms with van der Waals surface area (Å²) >= 11 is 12.4. The summed E-state index contributed by atoms with van der Waals surface area (Å²) in [6.45, 7) is 3.34. The van der Waals surface area contributed by atoms with Crippen LogP contribution in [0.3, 0.4) is 0 Å². The first-order valence-electron chi connectivity index (χ1n) is 12.3. The van der Waals surface area contributed by atoms with E-state index in [1.54, 1.807) is 61.5 Å². The van der Waals surface area contributed by atoms with Crippen LogP contribution in [-0.2, 0) is 26.2 Å². The fourth-order valence-corrected chi connectivity index (χ4v) is 5.72. The van der Waals surface area contributed by atoms with E-state index < -0.39 is 28.5 Å². The fraction of sp³-hybridized carbons (Fsp3) is 0.286. The number of ether oxygens (including phenoxy) is 1. The highest BCUT2D eigenvalue weighted by Crippen LogP contribution is 2.28. The molecule has 208 valence electrons. The Balaban J connectivity index is 2.04. The van der Waals surface area contributed by atoms with Crippen molar-refractivity contribution in [1.82, 2.24) is 10.2 Å². The molecule has 1 N–H and O–H groups in total. The van der Waals surface area contributed by atoms with Crippen molar-refractivity contribution >= 4 is 50.7 Å². The maximum absolute atomic E-state index is 13.9. The van der Waals surface area contributed by atoms with Gasteiger partial charge in [-0.2, -0.15) is 0 Å². The lowest BCUT2D eigenvalue weighted by Crippen LogP contribution is -2.51. The van der Waals surface area contributed by atoms with Gasteiger partial charge in [-0.15, -0.1) is 0 Å². The Labute approximate surface area is 239 Å². The van der Waals surface area contributed by atoms with Gasteiger partial charge in [-0.1, -0.05) is 60.5 Å². The topological polar surface area (TPSA) is 96.0 Å². The molecule has 3 aromatic carbocycles. The molecule has 0 radical (unpaired) electrons. The van der Waals surface area contributed by atoms with Crippen molar-refractivity contribution in [2.75, 3.05) is 24.5 Å². The molecule has 0 aliphatic carbocycles. The Kier molecular flexibility index (Phi) is 10.6. The van der Waals surface area contributed by atoms with Gasteiger partial charge in [0.05, 0.1) is 17.7 Å². The molecule has 1 atom stereocenters. The lowest BCUT2D eigenvalue weighted by molar-refractivity contribution is -0.139. The number of anilines is 1. The molecule has 0 spiro atoms. The van der Waals surface area contributed by atoms with Gasteiger partial charge in [-0.3, -0.25) is 13.9 Å². The van der Waals surface area contributed by atoms with Crippen LogP contribution in [0.5, 0.6) is 5.75 Å². The standard InChI is InChI=1S/C28H31Cl2N3O5S/c1-4-15-31-28(35)20(2)32(18-21-13-14-22(29)16-26(21)30)27(34)19-33(23-9-8-10-24(17-23)38-3)39(36,37)25-11-6-5-7-12-25/h5-14,16-17,20H,4,15,18-19H2,1-3H3,(H,31,35)/t20-/m0/s1. The third-order valence-corrected chi connectivity index (χ3v) is 8.40. The highest BCUT2D eigenvalue weighted by atomic mass is 35.5. The number of hydrogen-bond acceptors (Lipinski definition) is 5. The van der Waals surface area contributed by atoms with E-state index in [0.717, 1.165) is 4.31 Å². The predicted molar refractivity (Wildman–Crippen MR) is 154 cm³/mol. The second-order valence-corrected chi connectivity index (χ2v) is 11.5. The molecule has 0 aliphatic heterocycles. The number of halogens is 2. The molecule has 2 amide bonds. The van der Waals surface area contributed by atoms with Crippen LogP contribution in [0.25, 0.3) is 0 Å². The Morgan fingerprint density at radius 1 is 1.00 bits per heavy atom. The van der Waals surface area contributed by atoms with E-state index in [9.17, 15) is 18.0 Å². The first-order valence-corrected chi connectivity index (χ1v) is 14.5. The maximum atomic E-state index is 13.9. The van der Waals surface area contributed by atoms with Crippen molar-refractivity contribution in [3.8, 4) is 5.75 Å². The number of nitrogens with one attached hydrogen (secondary N) is 1. The van der Waals surface area contributed by atoms with Gasteiger partial charge in [0.15, 0.2) is 0 Å². The molecule has 0 aromatic heterocycles. The molecule has 0 fully saturated rings. The first-order chi connectivity index (χ1) is 18.6. The summed E-state index contributed by atoms with van der Waals surface area (Å²) in [6.07, 6.45) is 0.717. The normalized spacial score (nSPS) is 11.9. The van der Waals surface area contributed by atoms with Crippen molar-refractivity contribution in [2.24, 2.45) is 0 Å². The quantitative estimate of drug-likeness (QED) is 0.314. The minimum atomic E-state index is -4.17. The van der Waals surface area contributed by atoms with Crippen molar-refractivity contribution < 1.29 is 22.7 Å². The van der Waals surface area contributed by atoms with Crippen LogP contribution in [0.1, 0.15) is 25.8 Å². The number of carbonyl (C=O) groups excluding carboxylic acids is 2. The molecule has 11 heteroatoms. The summed E-state index contributed by atoms with van der Waals surface area (Å²) in [4.78, 5) is 28.2. The average Bonchev–Trinajstić information content (AvgIpc) is 2.94. The Bertz CT molecular complexity index is 1400. The monoisotopic (exact) mass is 591 g/mol. The van der Waals surface area contributed by atoms with Crippen LogP contribution in [0.4, 0.5) is 5.69 Å². The molecule has 8 nitrogen and oxygen atoms in total. The average molecular weight is 593 g/mol. The zero-order valence-electron chi connectivity index (χ0n) is 21.9. The number of nitrogens with zero attached hydrogens (tertiary/aromatic N) is 2. The van der Waals surface area contributed by atoms with Crippen molar-refractivity contribution in [1.29, 1.82) is 0 Å². The van der Waals surface area contributed by atoms with Gasteiger partial charge in [0.1, 0.15) is 18.3 Å². The highest BCUT2D eigenvalue weighted by molar-refractivity contribution is 7.92. The molecule has 0 aliphatic rings. The van der Waals surface area contributed by atoms with E-state index in [1.165, 1.54) is 30.2 Å². The fourth-order valence-electron chi connectivity index (χ4n) is 3.83. The smallest absolute Gasteiger partial charge is 0.264 e. The number of rotatable bonds is 12. The van der Waals surface area contributed by atoms with Crippen LogP contribution in [0.2, 0.25) is 10.0 Å². The maximum Gasteiger partial charge on any atom is 0.264 e. The van der Waals surface area contributed by atoms with E-state index in [0.29, 0.717) is 34.3 Å². The molecule has 0 saturated carbocycles. The van der Waals surface area contributed by atoms with E-state index in [1.807, 2.05) is 6.92 Å². The van der Waals surface area contributed by atoms with Gasteiger partial charge in [-0.25, -0.2) is 8.42 Å². The van der Waals surface area contributed by atoms with Crippen LogP contribution in [-0.4, -0.2) is 51.4 Å². The summed E-state index contributed by atoms with van der Waals surface area (Å²) in [7, 11) is -2.70. The SMILES string of the molecule is CCCNC(=O)[C@H](C)N(Cc1ccc(Cl)cc1Cl)C(=O)CN(c1cccc(OC)c1)S(=O)(=O)c1ccccc1. The van der Waals surface area contributed by atoms with Crippen LogP contribution < -0.4 is 14.4 Å².